The summed E-state index contributed by atoms with van der Waals surface area (Å²) in [6, 6.07) is 79.7. The van der Waals surface area contributed by atoms with E-state index in [0.29, 0.717) is 29.5 Å². The summed E-state index contributed by atoms with van der Waals surface area (Å²) in [6.07, 6.45) is 1.34. The molecule has 0 aliphatic heterocycles. The highest BCUT2D eigenvalue weighted by Crippen LogP contribution is 2.40. The van der Waals surface area contributed by atoms with E-state index in [4.69, 9.17) is 25.5 Å². The molecule has 11 N–H and O–H groups in total. The van der Waals surface area contributed by atoms with Crippen LogP contribution in [0.2, 0.25) is 0 Å². The van der Waals surface area contributed by atoms with Crippen LogP contribution in [0, 0.1) is 0 Å². The van der Waals surface area contributed by atoms with E-state index in [-0.39, 0.29) is 59.8 Å². The molecule has 0 spiro atoms. The molecule has 0 atom stereocenters. The number of hydrogen-bond donors (Lipinski definition) is 11. The van der Waals surface area contributed by atoms with Crippen LogP contribution in [0.25, 0.3) is 0 Å². The number of carboxylic acids is 6. The lowest BCUT2D eigenvalue weighted by Gasteiger charge is -2.30. The minimum absolute atomic E-state index is 0.000278. The Morgan fingerprint density at radius 1 is 0.247 bits per heavy atom. The highest BCUT2D eigenvalue weighted by molar-refractivity contribution is 5.86. The third-order valence-corrected chi connectivity index (χ3v) is 16.4. The van der Waals surface area contributed by atoms with Gasteiger partial charge in [-0.3, -0.25) is 28.8 Å². The molecule has 17 nitrogen and oxygen atoms in total. The maximum Gasteiger partial charge on any atom is 0.318 e. The maximum atomic E-state index is 11.7. The van der Waals surface area contributed by atoms with E-state index in [1.807, 2.05) is 122 Å². The Balaban J connectivity index is 0.000000214. The van der Waals surface area contributed by atoms with Crippen LogP contribution in [0.15, 0.2) is 273 Å². The van der Waals surface area contributed by atoms with Crippen LogP contribution >= 0.6 is 0 Å². The number of rotatable bonds is 20. The first-order valence-electron chi connectivity index (χ1n) is 30.7. The molecule has 97 heavy (non-hydrogen) atoms. The standard InChI is InChI=1S/C17H18O4.C17H18O2.C15H14O4.C15H14O2.C8H8O3.C8H8O2/c1-17(11-10-16(20)21,12-2-6-14(18)7-3-12)13-4-8-15(19)9-5-13;1-17(13-12-16(18)19,14-8-4-2-5-9-14)15-10-6-3-7-11-15;1-15(14(18)19,10-2-6-12(16)7-3-10)11-4-8-13(17)9-5-11;1-15(14(16)17,12-8-4-2-5-9-12)13-10-6-3-7-11-13;9-7-3-1-6(2-4-7)5-8(10)11;9-8(10)6-7-4-2-1-3-5-7/h2-9,18-19H,10-11H2,1H3,(H,20,21);2-11H,12-13H2,1H3,(H,18,19);2-9,16-17H,1H3,(H,18,19);2-11H,1H3,(H,16,17);1-4,9H,5H2,(H,10,11);1-5H,6H2,(H,9,10). The van der Waals surface area contributed by atoms with Crippen molar-refractivity contribution < 1.29 is 84.9 Å². The fourth-order valence-electron chi connectivity index (χ4n) is 10.4. The monoisotopic (exact) mass is 1310 g/mol. The number of benzene rings is 10. The molecule has 0 bridgehead atoms. The molecule has 0 aromatic heterocycles. The molecule has 17 heteroatoms. The molecule has 502 valence electrons. The summed E-state index contributed by atoms with van der Waals surface area (Å²) in [7, 11) is 0. The van der Waals surface area contributed by atoms with Gasteiger partial charge >= 0.3 is 35.8 Å². The second-order valence-corrected chi connectivity index (χ2v) is 23.3. The number of carbonyl (C=O) groups is 6. The zero-order chi connectivity index (χ0) is 71.2. The van der Waals surface area contributed by atoms with Gasteiger partial charge in [-0.25, -0.2) is 0 Å². The van der Waals surface area contributed by atoms with Crippen molar-refractivity contribution in [3.05, 3.63) is 329 Å². The third-order valence-electron chi connectivity index (χ3n) is 16.4. The average Bonchev–Trinajstić information content (AvgIpc) is 0.884. The zero-order valence-electron chi connectivity index (χ0n) is 54.1. The van der Waals surface area contributed by atoms with E-state index < -0.39 is 52.1 Å². The summed E-state index contributed by atoms with van der Waals surface area (Å²) in [5.41, 5.74) is 5.39. The van der Waals surface area contributed by atoms with E-state index in [0.717, 1.165) is 38.9 Å². The Bertz CT molecular complexity index is 3890. The highest BCUT2D eigenvalue weighted by Gasteiger charge is 2.38. The molecule has 0 saturated heterocycles. The van der Waals surface area contributed by atoms with Gasteiger partial charge in [-0.15, -0.1) is 0 Å². The Labute approximate surface area is 563 Å². The summed E-state index contributed by atoms with van der Waals surface area (Å²) in [5.74, 6) is -4.42. The van der Waals surface area contributed by atoms with Crippen LogP contribution in [-0.4, -0.2) is 92.0 Å². The molecule has 0 radical (unpaired) electrons. The minimum Gasteiger partial charge on any atom is -0.508 e. The summed E-state index contributed by atoms with van der Waals surface area (Å²) in [6.45, 7) is 7.41. The van der Waals surface area contributed by atoms with E-state index in [1.54, 1.807) is 111 Å². The number of carboxylic acid groups (broad SMARTS) is 6. The van der Waals surface area contributed by atoms with Gasteiger partial charge in [0.15, 0.2) is 0 Å². The predicted octanol–water partition coefficient (Wildman–Crippen LogP) is 15.0. The predicted molar refractivity (Wildman–Crippen MR) is 370 cm³/mol. The number of aromatic hydroxyl groups is 5. The van der Waals surface area contributed by atoms with Crippen LogP contribution in [0.1, 0.15) is 109 Å². The second kappa shape index (κ2) is 36.5. The zero-order valence-corrected chi connectivity index (χ0v) is 54.1. The van der Waals surface area contributed by atoms with Crippen molar-refractivity contribution in [3.63, 3.8) is 0 Å². The van der Waals surface area contributed by atoms with Crippen LogP contribution in [-0.2, 0) is 63.3 Å². The molecular formula is C80H80O17. The van der Waals surface area contributed by atoms with Crippen LogP contribution in [0.4, 0.5) is 0 Å². The van der Waals surface area contributed by atoms with Gasteiger partial charge in [0.2, 0.25) is 0 Å². The van der Waals surface area contributed by atoms with E-state index in [9.17, 15) is 59.4 Å². The molecule has 0 aliphatic rings. The van der Waals surface area contributed by atoms with Crippen molar-refractivity contribution in [1.29, 1.82) is 0 Å². The van der Waals surface area contributed by atoms with Crippen LogP contribution in [0.3, 0.4) is 0 Å². The Morgan fingerprint density at radius 2 is 0.443 bits per heavy atom. The highest BCUT2D eigenvalue weighted by atomic mass is 16.4. The van der Waals surface area contributed by atoms with Gasteiger partial charge in [0.1, 0.15) is 39.6 Å². The average molecular weight is 1310 g/mol. The van der Waals surface area contributed by atoms with Gasteiger partial charge in [0.05, 0.1) is 12.8 Å². The SMILES string of the molecule is CC(C(=O)O)(c1ccc(O)cc1)c1ccc(O)cc1.CC(C(=O)O)(c1ccccc1)c1ccccc1.CC(CCC(=O)O)(c1ccc(O)cc1)c1ccc(O)cc1.CC(CCC(=O)O)(c1ccccc1)c1ccccc1.O=C(O)Cc1ccc(O)cc1.O=C(O)Cc1ccccc1. The van der Waals surface area contributed by atoms with Gasteiger partial charge in [-0.2, -0.15) is 0 Å². The largest absolute Gasteiger partial charge is 0.508 e. The van der Waals surface area contributed by atoms with Crippen molar-refractivity contribution in [2.45, 2.75) is 87.9 Å². The molecule has 0 fully saturated rings. The first kappa shape index (κ1) is 75.7. The lowest BCUT2D eigenvalue weighted by atomic mass is 9.73. The van der Waals surface area contributed by atoms with E-state index >= 15 is 0 Å². The van der Waals surface area contributed by atoms with Crippen molar-refractivity contribution >= 4 is 35.8 Å². The lowest BCUT2D eigenvalue weighted by Crippen LogP contribution is -2.33. The summed E-state index contributed by atoms with van der Waals surface area (Å²) in [5, 5.41) is 100. The molecule has 0 saturated carbocycles. The van der Waals surface area contributed by atoms with Crippen LogP contribution < -0.4 is 0 Å². The Morgan fingerprint density at radius 3 is 0.680 bits per heavy atom. The van der Waals surface area contributed by atoms with Gasteiger partial charge in [0.25, 0.3) is 0 Å². The van der Waals surface area contributed by atoms with Gasteiger partial charge in [-0.05, 0) is 143 Å². The first-order chi connectivity index (χ1) is 46.1. The molecule has 0 unspecified atom stereocenters. The van der Waals surface area contributed by atoms with Gasteiger partial charge < -0.3 is 56.2 Å². The normalized spacial score (nSPS) is 10.8. The number of aliphatic carboxylic acids is 6. The fraction of sp³-hybridized carbons (Fsp3) is 0.175. The summed E-state index contributed by atoms with van der Waals surface area (Å²) in [4.78, 5) is 65.5. The van der Waals surface area contributed by atoms with Crippen molar-refractivity contribution in [2.24, 2.45) is 0 Å². The molecule has 10 rings (SSSR count). The second-order valence-electron chi connectivity index (χ2n) is 23.3. The smallest absolute Gasteiger partial charge is 0.318 e. The van der Waals surface area contributed by atoms with Crippen LogP contribution in [0.5, 0.6) is 28.7 Å². The molecule has 10 aromatic carbocycles. The van der Waals surface area contributed by atoms with Gasteiger partial charge in [0, 0.05) is 23.7 Å². The number of phenolic OH excluding ortho intramolecular Hbond substituents is 5. The fourth-order valence-corrected chi connectivity index (χ4v) is 10.4. The molecule has 0 heterocycles. The quantitative estimate of drug-likeness (QED) is 0.0338. The third kappa shape index (κ3) is 22.6. The first-order valence-corrected chi connectivity index (χ1v) is 30.7. The Hall–Kier alpha value is -12.0. The van der Waals surface area contributed by atoms with Crippen molar-refractivity contribution in [2.75, 3.05) is 0 Å². The number of hydrogen-bond acceptors (Lipinski definition) is 11. The van der Waals surface area contributed by atoms with E-state index in [2.05, 4.69) is 31.2 Å². The number of phenols is 5. The van der Waals surface area contributed by atoms with Crippen molar-refractivity contribution in [1.82, 2.24) is 0 Å². The maximum absolute atomic E-state index is 11.7. The van der Waals surface area contributed by atoms with Crippen molar-refractivity contribution in [3.8, 4) is 28.7 Å². The molecular weight excluding hydrogens is 1230 g/mol. The summed E-state index contributed by atoms with van der Waals surface area (Å²) >= 11 is 0. The van der Waals surface area contributed by atoms with Gasteiger partial charge in [-0.1, -0.05) is 226 Å². The Kier molecular flexibility index (Phi) is 28.5. The topological polar surface area (TPSA) is 325 Å². The summed E-state index contributed by atoms with van der Waals surface area (Å²) < 4.78 is 0. The molecule has 0 amide bonds. The minimum atomic E-state index is -1.23. The lowest BCUT2D eigenvalue weighted by molar-refractivity contribution is -0.142. The molecule has 0 aliphatic carbocycles. The van der Waals surface area contributed by atoms with E-state index in [1.165, 1.54) is 36.4 Å². The molecule has 10 aromatic rings.